The molecule has 0 saturated carbocycles. The summed E-state index contributed by atoms with van der Waals surface area (Å²) in [5, 5.41) is 5.64. The maximum absolute atomic E-state index is 13.0. The third-order valence-electron chi connectivity index (χ3n) is 5.12. The van der Waals surface area contributed by atoms with Crippen molar-refractivity contribution in [3.05, 3.63) is 0 Å². The second-order valence-electron chi connectivity index (χ2n) is 8.90. The van der Waals surface area contributed by atoms with Crippen LogP contribution >= 0.6 is 0 Å². The van der Waals surface area contributed by atoms with Crippen LogP contribution in [0.2, 0.25) is 0 Å². The summed E-state index contributed by atoms with van der Waals surface area (Å²) in [6.07, 6.45) is 1.29. The topological polar surface area (TPSA) is 105 Å². The summed E-state index contributed by atoms with van der Waals surface area (Å²) in [6, 6.07) is -1.24. The number of hydrogen-bond acceptors (Lipinski definition) is 5. The highest BCUT2D eigenvalue weighted by molar-refractivity contribution is 5.93. The lowest BCUT2D eigenvalue weighted by atomic mass is 9.92. The van der Waals surface area contributed by atoms with Crippen molar-refractivity contribution in [2.45, 2.75) is 79.8 Å². The number of nitrogens with one attached hydrogen (secondary N) is 2. The van der Waals surface area contributed by atoms with Crippen molar-refractivity contribution >= 4 is 23.5 Å². The number of carbonyl (C=O) groups excluding carboxylic acids is 4. The van der Waals surface area contributed by atoms with Crippen molar-refractivity contribution in [2.24, 2.45) is 17.8 Å². The number of ketones is 1. The number of Topliss-reactive ketones (excluding diaryl/α,β-unsaturated/α-hetero) is 1. The molecule has 0 saturated heterocycles. The smallest absolute Gasteiger partial charge is 0.243 e. The Morgan fingerprint density at radius 1 is 0.935 bits per heavy atom. The van der Waals surface area contributed by atoms with Gasteiger partial charge in [-0.15, -0.1) is 0 Å². The standard InChI is InChI=1S/C23H43N3O5/c1-9-18(27)24-12-10-13-31-14-11-19(28)26(8)21(16(4)5)23(30)25-20(15(2)3)22(29)17(6)7/h15-17,20-21H,9-14H2,1-8H3,(H,24,27)(H,25,30)/t20-,21-/m0/s1. The summed E-state index contributed by atoms with van der Waals surface area (Å²) in [4.78, 5) is 50.7. The van der Waals surface area contributed by atoms with Gasteiger partial charge >= 0.3 is 0 Å². The molecule has 0 aliphatic rings. The van der Waals surface area contributed by atoms with E-state index in [0.717, 1.165) is 0 Å². The van der Waals surface area contributed by atoms with Crippen molar-refractivity contribution in [1.82, 2.24) is 15.5 Å². The van der Waals surface area contributed by atoms with Gasteiger partial charge in [-0.05, 0) is 18.3 Å². The molecule has 0 aliphatic heterocycles. The number of rotatable bonds is 15. The molecule has 0 heterocycles. The van der Waals surface area contributed by atoms with Crippen LogP contribution in [0.15, 0.2) is 0 Å². The minimum Gasteiger partial charge on any atom is -0.381 e. The highest BCUT2D eigenvalue weighted by atomic mass is 16.5. The van der Waals surface area contributed by atoms with Gasteiger partial charge in [-0.3, -0.25) is 19.2 Å². The minimum absolute atomic E-state index is 0.00427. The van der Waals surface area contributed by atoms with Crippen LogP contribution in [-0.4, -0.2) is 67.3 Å². The second-order valence-corrected chi connectivity index (χ2v) is 8.90. The Balaban J connectivity index is 4.72. The summed E-state index contributed by atoms with van der Waals surface area (Å²) in [5.74, 6) is -0.845. The van der Waals surface area contributed by atoms with Gasteiger partial charge in [0.15, 0.2) is 5.78 Å². The van der Waals surface area contributed by atoms with Crippen LogP contribution in [0.4, 0.5) is 0 Å². The molecule has 0 rings (SSSR count). The first-order chi connectivity index (χ1) is 14.4. The highest BCUT2D eigenvalue weighted by Crippen LogP contribution is 2.14. The van der Waals surface area contributed by atoms with Gasteiger partial charge < -0.3 is 20.3 Å². The normalized spacial score (nSPS) is 13.3. The molecule has 31 heavy (non-hydrogen) atoms. The van der Waals surface area contributed by atoms with Crippen LogP contribution in [0.3, 0.4) is 0 Å². The predicted molar refractivity (Wildman–Crippen MR) is 121 cm³/mol. The SMILES string of the molecule is CCC(=O)NCCCOCCC(=O)N(C)[C@H](C(=O)N[C@H](C(=O)C(C)C)C(C)C)C(C)C. The lowest BCUT2D eigenvalue weighted by Gasteiger charge is -2.32. The Kier molecular flexibility index (Phi) is 14.0. The van der Waals surface area contributed by atoms with Gasteiger partial charge in [0.25, 0.3) is 0 Å². The molecule has 0 aromatic rings. The second kappa shape index (κ2) is 14.9. The summed E-state index contributed by atoms with van der Waals surface area (Å²) in [7, 11) is 1.61. The average molecular weight is 442 g/mol. The lowest BCUT2D eigenvalue weighted by molar-refractivity contribution is -0.142. The van der Waals surface area contributed by atoms with Gasteiger partial charge in [0, 0.05) is 32.5 Å². The zero-order valence-corrected chi connectivity index (χ0v) is 20.6. The lowest BCUT2D eigenvalue weighted by Crippen LogP contribution is -2.56. The van der Waals surface area contributed by atoms with Crippen molar-refractivity contribution < 1.29 is 23.9 Å². The van der Waals surface area contributed by atoms with Gasteiger partial charge in [0.1, 0.15) is 6.04 Å². The fraction of sp³-hybridized carbons (Fsp3) is 0.826. The molecule has 180 valence electrons. The average Bonchev–Trinajstić information content (AvgIpc) is 2.69. The summed E-state index contributed by atoms with van der Waals surface area (Å²) in [5.41, 5.74) is 0. The van der Waals surface area contributed by atoms with E-state index in [4.69, 9.17) is 4.74 Å². The molecule has 0 aromatic heterocycles. The quantitative estimate of drug-likeness (QED) is 0.379. The van der Waals surface area contributed by atoms with E-state index in [-0.39, 0.29) is 54.3 Å². The Morgan fingerprint density at radius 2 is 1.55 bits per heavy atom. The molecular formula is C23H43N3O5. The van der Waals surface area contributed by atoms with E-state index in [1.165, 1.54) is 4.90 Å². The van der Waals surface area contributed by atoms with Gasteiger partial charge in [0.05, 0.1) is 19.1 Å². The van der Waals surface area contributed by atoms with Crippen molar-refractivity contribution in [2.75, 3.05) is 26.8 Å². The van der Waals surface area contributed by atoms with E-state index in [2.05, 4.69) is 10.6 Å². The Labute approximate surface area is 187 Å². The molecule has 8 nitrogen and oxygen atoms in total. The zero-order chi connectivity index (χ0) is 24.1. The van der Waals surface area contributed by atoms with E-state index in [9.17, 15) is 19.2 Å². The molecule has 2 atom stereocenters. The summed E-state index contributed by atoms with van der Waals surface area (Å²) >= 11 is 0. The van der Waals surface area contributed by atoms with Gasteiger partial charge in [-0.1, -0.05) is 48.5 Å². The fourth-order valence-corrected chi connectivity index (χ4v) is 3.21. The zero-order valence-electron chi connectivity index (χ0n) is 20.6. The maximum Gasteiger partial charge on any atom is 0.243 e. The number of likely N-dealkylation sites (N-methyl/N-ethyl adjacent to an activating group) is 1. The molecule has 0 aliphatic carbocycles. The monoisotopic (exact) mass is 441 g/mol. The number of ether oxygens (including phenoxy) is 1. The van der Waals surface area contributed by atoms with E-state index in [0.29, 0.717) is 26.0 Å². The third-order valence-corrected chi connectivity index (χ3v) is 5.12. The first kappa shape index (κ1) is 29.0. The Bertz CT molecular complexity index is 590. The van der Waals surface area contributed by atoms with Crippen LogP contribution in [0.5, 0.6) is 0 Å². The molecule has 0 bridgehead atoms. The van der Waals surface area contributed by atoms with E-state index in [1.54, 1.807) is 14.0 Å². The molecule has 0 radical (unpaired) electrons. The number of amides is 3. The fourth-order valence-electron chi connectivity index (χ4n) is 3.21. The largest absolute Gasteiger partial charge is 0.381 e. The third kappa shape index (κ3) is 10.8. The van der Waals surface area contributed by atoms with Crippen molar-refractivity contribution in [3.63, 3.8) is 0 Å². The first-order valence-electron chi connectivity index (χ1n) is 11.4. The summed E-state index contributed by atoms with van der Waals surface area (Å²) in [6.45, 7) is 14.2. The van der Waals surface area contributed by atoms with E-state index >= 15 is 0 Å². The van der Waals surface area contributed by atoms with Gasteiger partial charge in [0.2, 0.25) is 17.7 Å². The minimum atomic E-state index is -0.669. The number of nitrogens with zero attached hydrogens (tertiary/aromatic N) is 1. The molecule has 8 heteroatoms. The van der Waals surface area contributed by atoms with Crippen LogP contribution < -0.4 is 10.6 Å². The molecule has 0 fully saturated rings. The predicted octanol–water partition coefficient (Wildman–Crippen LogP) is 2.16. The number of carbonyl (C=O) groups is 4. The van der Waals surface area contributed by atoms with Gasteiger partial charge in [-0.25, -0.2) is 0 Å². The van der Waals surface area contributed by atoms with Crippen LogP contribution in [-0.2, 0) is 23.9 Å². The van der Waals surface area contributed by atoms with E-state index in [1.807, 2.05) is 41.5 Å². The molecule has 3 amide bonds. The van der Waals surface area contributed by atoms with Crippen molar-refractivity contribution in [3.8, 4) is 0 Å². The van der Waals surface area contributed by atoms with Crippen LogP contribution in [0, 0.1) is 17.8 Å². The molecule has 2 N–H and O–H groups in total. The van der Waals surface area contributed by atoms with Crippen molar-refractivity contribution in [1.29, 1.82) is 0 Å². The highest BCUT2D eigenvalue weighted by Gasteiger charge is 2.33. The molecule has 0 unspecified atom stereocenters. The van der Waals surface area contributed by atoms with Crippen LogP contribution in [0.1, 0.15) is 67.7 Å². The number of hydrogen-bond donors (Lipinski definition) is 2. The molecule has 0 aromatic carbocycles. The molecular weight excluding hydrogens is 398 g/mol. The van der Waals surface area contributed by atoms with E-state index < -0.39 is 12.1 Å². The van der Waals surface area contributed by atoms with Gasteiger partial charge in [-0.2, -0.15) is 0 Å². The molecule has 0 spiro atoms. The maximum atomic E-state index is 13.0. The Morgan fingerprint density at radius 3 is 2.03 bits per heavy atom. The first-order valence-corrected chi connectivity index (χ1v) is 11.4. The summed E-state index contributed by atoms with van der Waals surface area (Å²) < 4.78 is 5.48. The Hall–Kier alpha value is -1.96. The van der Waals surface area contributed by atoms with Crippen LogP contribution in [0.25, 0.3) is 0 Å².